The van der Waals surface area contributed by atoms with Gasteiger partial charge in [0.05, 0.1) is 0 Å². The Morgan fingerprint density at radius 1 is 0.929 bits per heavy atom. The van der Waals surface area contributed by atoms with Crippen molar-refractivity contribution >= 4 is 22.4 Å². The van der Waals surface area contributed by atoms with Crippen LogP contribution in [0, 0.1) is 0 Å². The van der Waals surface area contributed by atoms with Crippen LogP contribution in [0.25, 0.3) is 22.2 Å². The molecule has 0 bridgehead atoms. The van der Waals surface area contributed by atoms with Crippen molar-refractivity contribution in [2.45, 2.75) is 25.8 Å². The highest BCUT2D eigenvalue weighted by molar-refractivity contribution is 6.06. The maximum Gasteiger partial charge on any atom is 0.255 e. The smallest absolute Gasteiger partial charge is 0.255 e. The van der Waals surface area contributed by atoms with E-state index in [4.69, 9.17) is 0 Å². The van der Waals surface area contributed by atoms with E-state index in [1.807, 2.05) is 72.9 Å². The van der Waals surface area contributed by atoms with Crippen LogP contribution < -0.4 is 5.32 Å². The number of hydrogen-bond donors (Lipinski definition) is 1. The van der Waals surface area contributed by atoms with E-state index in [0.29, 0.717) is 5.56 Å². The molecule has 1 N–H and O–H groups in total. The zero-order valence-electron chi connectivity index (χ0n) is 15.6. The summed E-state index contributed by atoms with van der Waals surface area (Å²) in [7, 11) is 0. The first-order valence-electron chi connectivity index (χ1n) is 9.73. The molecule has 0 atom stereocenters. The fraction of sp³-hybridized carbons (Fsp3) is 0.167. The van der Waals surface area contributed by atoms with Gasteiger partial charge in [-0.25, -0.2) is 4.98 Å². The van der Waals surface area contributed by atoms with Gasteiger partial charge in [0.25, 0.3) is 5.91 Å². The van der Waals surface area contributed by atoms with Crippen molar-refractivity contribution in [3.05, 3.63) is 84.2 Å². The Morgan fingerprint density at radius 3 is 2.61 bits per heavy atom. The van der Waals surface area contributed by atoms with Crippen molar-refractivity contribution in [3.8, 4) is 11.4 Å². The van der Waals surface area contributed by atoms with Crippen molar-refractivity contribution in [2.75, 3.05) is 5.32 Å². The van der Waals surface area contributed by atoms with E-state index in [1.54, 1.807) is 0 Å². The minimum absolute atomic E-state index is 0.100. The predicted octanol–water partition coefficient (Wildman–Crippen LogP) is 5.29. The lowest BCUT2D eigenvalue weighted by Crippen LogP contribution is -2.12. The average Bonchev–Trinajstić information content (AvgIpc) is 3.18. The van der Waals surface area contributed by atoms with Crippen molar-refractivity contribution in [3.63, 3.8) is 0 Å². The molecule has 4 nitrogen and oxygen atoms in total. The summed E-state index contributed by atoms with van der Waals surface area (Å²) in [5, 5.41) is 5.19. The number of aryl methyl sites for hydroxylation is 1. The number of carbonyl (C=O) groups excluding carboxylic acids is 1. The highest BCUT2D eigenvalue weighted by Crippen LogP contribution is 2.26. The zero-order valence-corrected chi connectivity index (χ0v) is 15.6. The van der Waals surface area contributed by atoms with Crippen LogP contribution >= 0.6 is 0 Å². The van der Waals surface area contributed by atoms with Gasteiger partial charge in [0, 0.05) is 35.2 Å². The average molecular weight is 367 g/mol. The molecule has 0 spiro atoms. The Bertz CT molecular complexity index is 1160. The van der Waals surface area contributed by atoms with E-state index in [9.17, 15) is 4.79 Å². The summed E-state index contributed by atoms with van der Waals surface area (Å²) < 4.78 is 2.31. The quantitative estimate of drug-likeness (QED) is 0.535. The van der Waals surface area contributed by atoms with E-state index in [0.717, 1.165) is 40.8 Å². The summed E-state index contributed by atoms with van der Waals surface area (Å²) in [6.07, 6.45) is 5.54. The number of fused-ring (bicyclic) bond motifs is 2. The second-order valence-electron chi connectivity index (χ2n) is 7.28. The topological polar surface area (TPSA) is 46.9 Å². The van der Waals surface area contributed by atoms with Crippen LogP contribution in [0.1, 0.15) is 28.9 Å². The highest BCUT2D eigenvalue weighted by Gasteiger charge is 2.15. The predicted molar refractivity (Wildman–Crippen MR) is 113 cm³/mol. The third-order valence-corrected chi connectivity index (χ3v) is 5.42. The number of hydrogen-bond acceptors (Lipinski definition) is 2. The third kappa shape index (κ3) is 3.07. The molecule has 5 rings (SSSR count). The molecule has 1 aromatic heterocycles. The van der Waals surface area contributed by atoms with Crippen LogP contribution in [0.15, 0.2) is 72.9 Å². The minimum atomic E-state index is -0.100. The van der Waals surface area contributed by atoms with Crippen molar-refractivity contribution in [2.24, 2.45) is 0 Å². The molecule has 0 unspecified atom stereocenters. The number of nitrogens with zero attached hydrogens (tertiary/aromatic N) is 2. The number of benzene rings is 3. The maximum absolute atomic E-state index is 12.6. The van der Waals surface area contributed by atoms with Crippen LogP contribution in [0.5, 0.6) is 0 Å². The Kier molecular flexibility index (Phi) is 4.17. The zero-order chi connectivity index (χ0) is 18.9. The molecule has 0 radical (unpaired) electrons. The first-order chi connectivity index (χ1) is 13.8. The van der Waals surface area contributed by atoms with Crippen molar-refractivity contribution in [1.29, 1.82) is 0 Å². The summed E-state index contributed by atoms with van der Waals surface area (Å²) >= 11 is 0. The molecule has 4 aromatic rings. The summed E-state index contributed by atoms with van der Waals surface area (Å²) in [6.45, 7) is 1.03. The number of rotatable bonds is 3. The first kappa shape index (κ1) is 16.8. The van der Waals surface area contributed by atoms with Gasteiger partial charge in [0.2, 0.25) is 0 Å². The molecule has 0 aliphatic carbocycles. The van der Waals surface area contributed by atoms with Crippen LogP contribution in [0.2, 0.25) is 0 Å². The molecule has 28 heavy (non-hydrogen) atoms. The van der Waals surface area contributed by atoms with E-state index in [-0.39, 0.29) is 5.91 Å². The molecular formula is C24H21N3O. The number of imidazole rings is 1. The van der Waals surface area contributed by atoms with Gasteiger partial charge in [-0.15, -0.1) is 0 Å². The normalized spacial score (nSPS) is 13.3. The van der Waals surface area contributed by atoms with Gasteiger partial charge in [0.15, 0.2) is 0 Å². The monoisotopic (exact) mass is 367 g/mol. The fourth-order valence-corrected chi connectivity index (χ4v) is 3.90. The largest absolute Gasteiger partial charge is 0.328 e. The van der Waals surface area contributed by atoms with E-state index < -0.39 is 0 Å². The van der Waals surface area contributed by atoms with Gasteiger partial charge in [-0.2, -0.15) is 0 Å². The molecule has 1 amide bonds. The summed E-state index contributed by atoms with van der Waals surface area (Å²) in [6, 6.07) is 21.8. The molecule has 138 valence electrons. The molecule has 3 aromatic carbocycles. The van der Waals surface area contributed by atoms with Gasteiger partial charge < -0.3 is 9.88 Å². The number of nitrogens with one attached hydrogen (secondary N) is 1. The van der Waals surface area contributed by atoms with Gasteiger partial charge >= 0.3 is 0 Å². The number of amides is 1. The van der Waals surface area contributed by atoms with E-state index in [2.05, 4.69) is 14.9 Å². The number of aromatic nitrogens is 2. The maximum atomic E-state index is 12.6. The molecular weight excluding hydrogens is 346 g/mol. The number of anilines is 1. The Labute approximate surface area is 163 Å². The van der Waals surface area contributed by atoms with Gasteiger partial charge in [-0.1, -0.05) is 30.3 Å². The lowest BCUT2D eigenvalue weighted by molar-refractivity contribution is 0.102. The van der Waals surface area contributed by atoms with Crippen LogP contribution in [-0.2, 0) is 13.0 Å². The molecule has 0 fully saturated rings. The van der Waals surface area contributed by atoms with Crippen molar-refractivity contribution < 1.29 is 4.79 Å². The second-order valence-corrected chi connectivity index (χ2v) is 7.28. The second kappa shape index (κ2) is 6.97. The summed E-state index contributed by atoms with van der Waals surface area (Å²) in [5.41, 5.74) is 3.84. The van der Waals surface area contributed by atoms with Crippen molar-refractivity contribution in [1.82, 2.24) is 9.55 Å². The first-order valence-corrected chi connectivity index (χ1v) is 9.73. The van der Waals surface area contributed by atoms with Gasteiger partial charge in [-0.05, 0) is 66.4 Å². The lowest BCUT2D eigenvalue weighted by Gasteiger charge is -2.16. The van der Waals surface area contributed by atoms with Crippen LogP contribution in [0.4, 0.5) is 5.69 Å². The van der Waals surface area contributed by atoms with Gasteiger partial charge in [0.1, 0.15) is 5.82 Å². The Hall–Kier alpha value is -3.40. The summed E-state index contributed by atoms with van der Waals surface area (Å²) in [5.74, 6) is 0.916. The number of carbonyl (C=O) groups is 1. The fourth-order valence-electron chi connectivity index (χ4n) is 3.90. The highest BCUT2D eigenvalue weighted by atomic mass is 16.1. The molecule has 2 heterocycles. The lowest BCUT2D eigenvalue weighted by atomic mass is 10.1. The SMILES string of the molecule is O=C(Nc1ccc(-c2ncc3n2CCCC3)cc1)c1ccc2ccccc2c1. The Balaban J connectivity index is 1.35. The third-order valence-electron chi connectivity index (χ3n) is 5.42. The van der Waals surface area contributed by atoms with Crippen LogP contribution in [-0.4, -0.2) is 15.5 Å². The molecule has 4 heteroatoms. The molecule has 0 saturated heterocycles. The molecule has 0 saturated carbocycles. The molecule has 1 aliphatic heterocycles. The minimum Gasteiger partial charge on any atom is -0.328 e. The summed E-state index contributed by atoms with van der Waals surface area (Å²) in [4.78, 5) is 17.2. The standard InChI is InChI=1S/C24H21N3O/c28-24(20-9-8-17-5-1-2-6-19(17)15-20)26-21-12-10-18(11-13-21)23-25-16-22-7-3-4-14-27(22)23/h1-2,5-6,8-13,15-16H,3-4,7,14H2,(H,26,28). The molecule has 1 aliphatic rings. The van der Waals surface area contributed by atoms with Crippen LogP contribution in [0.3, 0.4) is 0 Å². The Morgan fingerprint density at radius 2 is 1.75 bits per heavy atom. The van der Waals surface area contributed by atoms with E-state index in [1.165, 1.54) is 18.5 Å². The van der Waals surface area contributed by atoms with Gasteiger partial charge in [-0.3, -0.25) is 4.79 Å². The van der Waals surface area contributed by atoms with E-state index >= 15 is 0 Å².